The second kappa shape index (κ2) is 8.06. The van der Waals surface area contributed by atoms with E-state index in [0.29, 0.717) is 36.4 Å². The molecule has 1 aliphatic carbocycles. The van der Waals surface area contributed by atoms with E-state index in [0.717, 1.165) is 48.9 Å². The van der Waals surface area contributed by atoms with Gasteiger partial charge in [-0.05, 0) is 43.6 Å². The first-order chi connectivity index (χ1) is 14.3. The maximum atomic E-state index is 12.6. The number of nitrogens with zero attached hydrogens (tertiary/aromatic N) is 5. The number of H-pyrrole nitrogens is 1. The van der Waals surface area contributed by atoms with Gasteiger partial charge in [-0.1, -0.05) is 11.2 Å². The van der Waals surface area contributed by atoms with Crippen molar-refractivity contribution < 1.29 is 9.32 Å². The van der Waals surface area contributed by atoms with Crippen LogP contribution < -0.4 is 0 Å². The lowest BCUT2D eigenvalue weighted by molar-refractivity contribution is -0.132. The summed E-state index contributed by atoms with van der Waals surface area (Å²) >= 11 is 1.58. The standard InChI is InChI=1S/C20H24N6O2S/c27-17(5-1-4-16-21-20(25-28-16)15-3-2-12-29-15)26-10-8-14(9-11-26)19-22-18(23-24-19)13-6-7-13/h2-3,12-14H,1,4-11H2,(H,22,23,24). The molecule has 1 amide bonds. The molecule has 0 bridgehead atoms. The highest BCUT2D eigenvalue weighted by atomic mass is 32.1. The Morgan fingerprint density at radius 2 is 2.07 bits per heavy atom. The third kappa shape index (κ3) is 4.24. The quantitative estimate of drug-likeness (QED) is 0.637. The number of likely N-dealkylation sites (tertiary alicyclic amines) is 1. The van der Waals surface area contributed by atoms with Crippen molar-refractivity contribution in [1.82, 2.24) is 30.2 Å². The molecule has 1 saturated heterocycles. The van der Waals surface area contributed by atoms with E-state index in [-0.39, 0.29) is 5.91 Å². The van der Waals surface area contributed by atoms with Gasteiger partial charge in [-0.15, -0.1) is 11.3 Å². The largest absolute Gasteiger partial charge is 0.343 e. The second-order valence-corrected chi connectivity index (χ2v) is 8.80. The zero-order valence-corrected chi connectivity index (χ0v) is 17.0. The first-order valence-electron chi connectivity index (χ1n) is 10.3. The van der Waals surface area contributed by atoms with Crippen molar-refractivity contribution in [2.75, 3.05) is 13.1 Å². The number of aromatic amines is 1. The maximum absolute atomic E-state index is 12.6. The third-order valence-corrected chi connectivity index (χ3v) is 6.55. The minimum Gasteiger partial charge on any atom is -0.343 e. The van der Waals surface area contributed by atoms with E-state index in [2.05, 4.69) is 25.3 Å². The predicted octanol–water partition coefficient (Wildman–Crippen LogP) is 3.52. The molecule has 5 rings (SSSR count). The summed E-state index contributed by atoms with van der Waals surface area (Å²) in [6.45, 7) is 1.57. The molecule has 152 valence electrons. The molecule has 9 heteroatoms. The Bertz CT molecular complexity index is 953. The van der Waals surface area contributed by atoms with Crippen LogP contribution in [0.25, 0.3) is 10.7 Å². The molecule has 4 heterocycles. The van der Waals surface area contributed by atoms with Crippen LogP contribution in [0.4, 0.5) is 0 Å². The summed E-state index contributed by atoms with van der Waals surface area (Å²) in [5.74, 6) is 4.35. The highest BCUT2D eigenvalue weighted by Crippen LogP contribution is 2.38. The molecule has 29 heavy (non-hydrogen) atoms. The summed E-state index contributed by atoms with van der Waals surface area (Å²) in [7, 11) is 0. The lowest BCUT2D eigenvalue weighted by atomic mass is 9.96. The summed E-state index contributed by atoms with van der Waals surface area (Å²) in [4.78, 5) is 24.6. The smallest absolute Gasteiger partial charge is 0.226 e. The SMILES string of the molecule is O=C(CCCc1nc(-c2cccs2)no1)N1CCC(c2nc(C3CC3)n[nH]2)CC1. The van der Waals surface area contributed by atoms with Gasteiger partial charge in [-0.3, -0.25) is 9.89 Å². The first-order valence-corrected chi connectivity index (χ1v) is 11.2. The number of piperidine rings is 1. The van der Waals surface area contributed by atoms with Crippen molar-refractivity contribution in [2.24, 2.45) is 0 Å². The van der Waals surface area contributed by atoms with Crippen LogP contribution in [0, 0.1) is 0 Å². The van der Waals surface area contributed by atoms with E-state index < -0.39 is 0 Å². The van der Waals surface area contributed by atoms with Gasteiger partial charge >= 0.3 is 0 Å². The van der Waals surface area contributed by atoms with E-state index in [1.807, 2.05) is 22.4 Å². The lowest BCUT2D eigenvalue weighted by Crippen LogP contribution is -2.38. The van der Waals surface area contributed by atoms with E-state index in [9.17, 15) is 4.79 Å². The van der Waals surface area contributed by atoms with Gasteiger partial charge in [0.15, 0.2) is 5.82 Å². The minimum atomic E-state index is 0.206. The number of carbonyl (C=O) groups excluding carboxylic acids is 1. The molecular weight excluding hydrogens is 388 g/mol. The third-order valence-electron chi connectivity index (χ3n) is 5.69. The molecule has 8 nitrogen and oxygen atoms in total. The van der Waals surface area contributed by atoms with Crippen LogP contribution in [0.2, 0.25) is 0 Å². The van der Waals surface area contributed by atoms with E-state index in [1.54, 1.807) is 11.3 Å². The van der Waals surface area contributed by atoms with Crippen LogP contribution in [0.1, 0.15) is 67.9 Å². The van der Waals surface area contributed by atoms with Gasteiger partial charge in [-0.25, -0.2) is 4.98 Å². The van der Waals surface area contributed by atoms with Crippen LogP contribution in [0.5, 0.6) is 0 Å². The van der Waals surface area contributed by atoms with Crippen molar-refractivity contribution in [2.45, 2.75) is 56.8 Å². The van der Waals surface area contributed by atoms with Gasteiger partial charge in [0.2, 0.25) is 17.6 Å². The Balaban J connectivity index is 1.06. The summed E-state index contributed by atoms with van der Waals surface area (Å²) in [5.41, 5.74) is 0. The molecule has 0 aromatic carbocycles. The summed E-state index contributed by atoms with van der Waals surface area (Å²) < 4.78 is 5.31. The second-order valence-electron chi connectivity index (χ2n) is 7.85. The average Bonchev–Trinajstić information content (AvgIpc) is 3.18. The topological polar surface area (TPSA) is 101 Å². The average molecular weight is 413 g/mol. The number of hydrogen-bond acceptors (Lipinski definition) is 7. The molecule has 0 unspecified atom stereocenters. The molecule has 1 saturated carbocycles. The van der Waals surface area contributed by atoms with Gasteiger partial charge in [0.1, 0.15) is 5.82 Å². The normalized spacial score (nSPS) is 17.7. The number of thiophene rings is 1. The molecule has 1 N–H and O–H groups in total. The maximum Gasteiger partial charge on any atom is 0.226 e. The molecule has 0 atom stereocenters. The fraction of sp³-hybridized carbons (Fsp3) is 0.550. The Hall–Kier alpha value is -2.55. The lowest BCUT2D eigenvalue weighted by Gasteiger charge is -2.31. The number of aromatic nitrogens is 5. The Labute approximate surface area is 172 Å². The zero-order valence-electron chi connectivity index (χ0n) is 16.2. The van der Waals surface area contributed by atoms with Gasteiger partial charge < -0.3 is 9.42 Å². The van der Waals surface area contributed by atoms with Crippen molar-refractivity contribution in [1.29, 1.82) is 0 Å². The van der Waals surface area contributed by atoms with Crippen LogP contribution in [0.3, 0.4) is 0 Å². The van der Waals surface area contributed by atoms with Gasteiger partial charge in [0, 0.05) is 37.8 Å². The molecule has 2 aliphatic rings. The van der Waals surface area contributed by atoms with Crippen molar-refractivity contribution in [3.8, 4) is 10.7 Å². The zero-order chi connectivity index (χ0) is 19.6. The molecule has 0 spiro atoms. The summed E-state index contributed by atoms with van der Waals surface area (Å²) in [5, 5.41) is 13.5. The molecule has 3 aromatic heterocycles. The van der Waals surface area contributed by atoms with Crippen LogP contribution in [0.15, 0.2) is 22.0 Å². The fourth-order valence-corrected chi connectivity index (χ4v) is 4.46. The van der Waals surface area contributed by atoms with Gasteiger partial charge in [-0.2, -0.15) is 10.1 Å². The number of hydrogen-bond donors (Lipinski definition) is 1. The number of nitrogens with one attached hydrogen (secondary N) is 1. The number of carbonyl (C=O) groups is 1. The van der Waals surface area contributed by atoms with Crippen LogP contribution >= 0.6 is 11.3 Å². The van der Waals surface area contributed by atoms with E-state index in [1.165, 1.54) is 12.8 Å². The van der Waals surface area contributed by atoms with Gasteiger partial charge in [0.05, 0.1) is 4.88 Å². The van der Waals surface area contributed by atoms with Crippen LogP contribution in [-0.2, 0) is 11.2 Å². The van der Waals surface area contributed by atoms with Crippen LogP contribution in [-0.4, -0.2) is 49.2 Å². The summed E-state index contributed by atoms with van der Waals surface area (Å²) in [6, 6.07) is 3.93. The first kappa shape index (κ1) is 18.5. The number of amides is 1. The molecule has 3 aromatic rings. The van der Waals surface area contributed by atoms with Gasteiger partial charge in [0.25, 0.3) is 0 Å². The Morgan fingerprint density at radius 1 is 1.21 bits per heavy atom. The molecular formula is C20H24N6O2S. The summed E-state index contributed by atoms with van der Waals surface area (Å²) in [6.07, 6.45) is 6.17. The predicted molar refractivity (Wildman–Crippen MR) is 107 cm³/mol. The Kier molecular flexibility index (Phi) is 5.13. The number of rotatable bonds is 7. The van der Waals surface area contributed by atoms with Crippen molar-refractivity contribution in [3.63, 3.8) is 0 Å². The van der Waals surface area contributed by atoms with E-state index >= 15 is 0 Å². The van der Waals surface area contributed by atoms with Crippen molar-refractivity contribution in [3.05, 3.63) is 35.1 Å². The monoisotopic (exact) mass is 412 g/mol. The molecule has 0 radical (unpaired) electrons. The molecule has 1 aliphatic heterocycles. The molecule has 2 fully saturated rings. The highest BCUT2D eigenvalue weighted by molar-refractivity contribution is 7.13. The van der Waals surface area contributed by atoms with Crippen molar-refractivity contribution >= 4 is 17.2 Å². The fourth-order valence-electron chi connectivity index (χ4n) is 3.81. The highest BCUT2D eigenvalue weighted by Gasteiger charge is 2.30. The minimum absolute atomic E-state index is 0.206. The van der Waals surface area contributed by atoms with E-state index in [4.69, 9.17) is 4.52 Å². The Morgan fingerprint density at radius 3 is 2.83 bits per heavy atom. The number of aryl methyl sites for hydroxylation is 1.